The van der Waals surface area contributed by atoms with Gasteiger partial charge in [0.2, 0.25) is 0 Å². The van der Waals surface area contributed by atoms with Crippen LogP contribution >= 0.6 is 11.8 Å². The van der Waals surface area contributed by atoms with Crippen molar-refractivity contribution in [2.75, 3.05) is 12.4 Å². The van der Waals surface area contributed by atoms with Crippen LogP contribution in [0, 0.1) is 0 Å². The maximum atomic E-state index is 11.5. The highest BCUT2D eigenvalue weighted by Gasteiger charge is 2.43. The summed E-state index contributed by atoms with van der Waals surface area (Å²) < 4.78 is 7.02. The van der Waals surface area contributed by atoms with Gasteiger partial charge in [-0.05, 0) is 20.3 Å². The molecular weight excluding hydrogens is 320 g/mol. The van der Waals surface area contributed by atoms with Gasteiger partial charge in [0.25, 0.3) is 5.56 Å². The Morgan fingerprint density at radius 2 is 2.17 bits per heavy atom. The van der Waals surface area contributed by atoms with Gasteiger partial charge >= 0.3 is 0 Å². The van der Waals surface area contributed by atoms with Crippen molar-refractivity contribution >= 4 is 11.8 Å². The van der Waals surface area contributed by atoms with Crippen LogP contribution < -0.4 is 5.56 Å². The summed E-state index contributed by atoms with van der Waals surface area (Å²) in [4.78, 5) is 15.5. The highest BCUT2D eigenvalue weighted by atomic mass is 32.2. The van der Waals surface area contributed by atoms with Crippen molar-refractivity contribution in [3.05, 3.63) is 34.3 Å². The van der Waals surface area contributed by atoms with E-state index in [9.17, 15) is 20.1 Å². The first-order chi connectivity index (χ1) is 10.9. The summed E-state index contributed by atoms with van der Waals surface area (Å²) in [6.07, 6.45) is 0.262. The van der Waals surface area contributed by atoms with E-state index >= 15 is 0 Å². The molecule has 1 fully saturated rings. The zero-order valence-electron chi connectivity index (χ0n) is 13.1. The van der Waals surface area contributed by atoms with Crippen molar-refractivity contribution in [1.29, 1.82) is 0 Å². The number of aliphatic hydroxyl groups is 3. The largest absolute Gasteiger partial charge is 0.394 e. The molecule has 8 heteroatoms. The minimum absolute atomic E-state index is 0.377. The van der Waals surface area contributed by atoms with Gasteiger partial charge in [-0.2, -0.15) is 4.98 Å². The summed E-state index contributed by atoms with van der Waals surface area (Å²) in [5.74, 6) is 0.719. The number of allylic oxidation sites excluding steroid dienone is 2. The first-order valence-electron chi connectivity index (χ1n) is 7.42. The minimum atomic E-state index is -1.20. The Morgan fingerprint density at radius 3 is 2.78 bits per heavy atom. The zero-order valence-corrected chi connectivity index (χ0v) is 13.9. The van der Waals surface area contributed by atoms with Crippen LogP contribution in [-0.2, 0) is 4.74 Å². The van der Waals surface area contributed by atoms with Crippen LogP contribution in [-0.4, -0.2) is 55.5 Å². The first kappa shape index (κ1) is 18.2. The van der Waals surface area contributed by atoms with E-state index in [2.05, 4.69) is 11.1 Å². The Kier molecular flexibility index (Phi) is 6.37. The fraction of sp³-hybridized carbons (Fsp3) is 0.600. The molecule has 0 unspecified atom stereocenters. The van der Waals surface area contributed by atoms with Gasteiger partial charge in [0.15, 0.2) is 11.4 Å². The van der Waals surface area contributed by atoms with Gasteiger partial charge in [-0.15, -0.1) is 0 Å². The molecule has 0 amide bonds. The third kappa shape index (κ3) is 4.42. The van der Waals surface area contributed by atoms with Crippen molar-refractivity contribution in [2.24, 2.45) is 0 Å². The van der Waals surface area contributed by atoms with E-state index in [0.717, 1.165) is 12.2 Å². The molecule has 3 N–H and O–H groups in total. The average Bonchev–Trinajstić information content (AvgIpc) is 2.79. The topological polar surface area (TPSA) is 105 Å². The summed E-state index contributed by atoms with van der Waals surface area (Å²) in [5, 5.41) is 29.6. The lowest BCUT2D eigenvalue weighted by Gasteiger charge is -2.20. The standard InChI is InChI=1S/C15H22N2O5S/c1-9(2)4-3-7-23-15-16-11(19)5-6-17(15)14-13(21)12(20)10(8-18)22-14/h4-6,10,12-14,18,20-21H,3,7-8H2,1-2H3/t10-,12-,13-,14-/m1/s1. The van der Waals surface area contributed by atoms with E-state index in [-0.39, 0.29) is 5.56 Å². The second-order valence-electron chi connectivity index (χ2n) is 5.60. The van der Waals surface area contributed by atoms with Crippen molar-refractivity contribution in [1.82, 2.24) is 9.55 Å². The van der Waals surface area contributed by atoms with Gasteiger partial charge < -0.3 is 20.1 Å². The summed E-state index contributed by atoms with van der Waals surface area (Å²) >= 11 is 1.37. The van der Waals surface area contributed by atoms with E-state index in [1.165, 1.54) is 34.2 Å². The lowest BCUT2D eigenvalue weighted by Crippen LogP contribution is -2.33. The first-order valence-corrected chi connectivity index (χ1v) is 8.40. The molecule has 128 valence electrons. The van der Waals surface area contributed by atoms with Crippen LogP contribution in [0.25, 0.3) is 0 Å². The highest BCUT2D eigenvalue weighted by molar-refractivity contribution is 7.99. The molecule has 1 aliphatic heterocycles. The van der Waals surface area contributed by atoms with Crippen LogP contribution in [0.5, 0.6) is 0 Å². The molecule has 4 atom stereocenters. The summed E-state index contributed by atoms with van der Waals surface area (Å²) in [6, 6.07) is 1.27. The fourth-order valence-electron chi connectivity index (χ4n) is 2.31. The number of ether oxygens (including phenoxy) is 1. The van der Waals surface area contributed by atoms with Crippen molar-refractivity contribution < 1.29 is 20.1 Å². The van der Waals surface area contributed by atoms with Crippen LogP contribution in [0.3, 0.4) is 0 Å². The lowest BCUT2D eigenvalue weighted by atomic mass is 10.1. The second-order valence-corrected chi connectivity index (χ2v) is 6.67. The van der Waals surface area contributed by atoms with Crippen molar-refractivity contribution in [3.63, 3.8) is 0 Å². The highest BCUT2D eigenvalue weighted by Crippen LogP contribution is 2.31. The van der Waals surface area contributed by atoms with E-state index < -0.39 is 31.1 Å². The van der Waals surface area contributed by atoms with Crippen molar-refractivity contribution in [2.45, 2.75) is 50.0 Å². The molecule has 1 aromatic rings. The minimum Gasteiger partial charge on any atom is -0.394 e. The average molecular weight is 342 g/mol. The maximum Gasteiger partial charge on any atom is 0.273 e. The monoisotopic (exact) mass is 342 g/mol. The summed E-state index contributed by atoms with van der Waals surface area (Å²) in [6.45, 7) is 3.63. The van der Waals surface area contributed by atoms with E-state index in [0.29, 0.717) is 5.16 Å². The number of thioether (sulfide) groups is 1. The number of nitrogens with zero attached hydrogens (tertiary/aromatic N) is 2. The van der Waals surface area contributed by atoms with Crippen LogP contribution in [0.1, 0.15) is 26.5 Å². The summed E-state index contributed by atoms with van der Waals surface area (Å²) in [5.41, 5.74) is 0.838. The van der Waals surface area contributed by atoms with Gasteiger partial charge in [0, 0.05) is 18.0 Å². The second kappa shape index (κ2) is 8.07. The molecular formula is C15H22N2O5S. The predicted molar refractivity (Wildman–Crippen MR) is 86.3 cm³/mol. The molecule has 1 saturated heterocycles. The molecule has 0 bridgehead atoms. The number of rotatable bonds is 6. The van der Waals surface area contributed by atoms with Gasteiger partial charge in [0.05, 0.1) is 6.61 Å². The SMILES string of the molecule is CC(C)=CCCSc1nc(=O)ccn1[C@@H]1O[C@H](CO)[C@@H](O)[C@H]1O. The molecule has 1 aromatic heterocycles. The van der Waals surface area contributed by atoms with E-state index in [1.54, 1.807) is 0 Å². The number of aliphatic hydroxyl groups excluding tert-OH is 3. The Hall–Kier alpha value is -1.19. The fourth-order valence-corrected chi connectivity index (χ4v) is 3.19. The predicted octanol–water partition coefficient (Wildman–Crippen LogP) is 0.303. The molecule has 2 rings (SSSR count). The third-order valence-electron chi connectivity index (χ3n) is 3.50. The molecule has 23 heavy (non-hydrogen) atoms. The molecule has 7 nitrogen and oxygen atoms in total. The quantitative estimate of drug-likeness (QED) is 0.296. The zero-order chi connectivity index (χ0) is 17.0. The lowest BCUT2D eigenvalue weighted by molar-refractivity contribution is -0.0577. The van der Waals surface area contributed by atoms with Gasteiger partial charge in [-0.3, -0.25) is 9.36 Å². The van der Waals surface area contributed by atoms with E-state index in [4.69, 9.17) is 4.74 Å². The maximum absolute atomic E-state index is 11.5. The Bertz CT molecular complexity index is 614. The normalized spacial score (nSPS) is 27.2. The summed E-state index contributed by atoms with van der Waals surface area (Å²) in [7, 11) is 0. The Labute approximate surface area is 138 Å². The van der Waals surface area contributed by atoms with Crippen molar-refractivity contribution in [3.8, 4) is 0 Å². The van der Waals surface area contributed by atoms with Crippen LogP contribution in [0.4, 0.5) is 0 Å². The van der Waals surface area contributed by atoms with Crippen LogP contribution in [0.2, 0.25) is 0 Å². The Balaban J connectivity index is 2.18. The van der Waals surface area contributed by atoms with Gasteiger partial charge in [0.1, 0.15) is 18.3 Å². The Morgan fingerprint density at radius 1 is 1.43 bits per heavy atom. The molecule has 0 saturated carbocycles. The van der Waals surface area contributed by atoms with Crippen LogP contribution in [0.15, 0.2) is 33.9 Å². The molecule has 0 spiro atoms. The molecule has 0 radical (unpaired) electrons. The van der Waals surface area contributed by atoms with Gasteiger partial charge in [-0.25, -0.2) is 0 Å². The molecule has 0 aliphatic carbocycles. The molecule has 0 aromatic carbocycles. The molecule has 2 heterocycles. The number of hydrogen-bond donors (Lipinski definition) is 3. The number of aromatic nitrogens is 2. The molecule has 1 aliphatic rings. The number of hydrogen-bond acceptors (Lipinski definition) is 7. The third-order valence-corrected chi connectivity index (χ3v) is 4.50. The van der Waals surface area contributed by atoms with E-state index in [1.807, 2.05) is 13.8 Å². The smallest absolute Gasteiger partial charge is 0.273 e. The van der Waals surface area contributed by atoms with Gasteiger partial charge in [-0.1, -0.05) is 23.4 Å².